The van der Waals surface area contributed by atoms with E-state index in [1.54, 1.807) is 6.07 Å². The third-order valence-electron chi connectivity index (χ3n) is 8.05. The summed E-state index contributed by atoms with van der Waals surface area (Å²) in [6.07, 6.45) is 0. The molecule has 7 nitrogen and oxygen atoms in total. The number of fused-ring (bicyclic) bond motifs is 5. The predicted molar refractivity (Wildman–Crippen MR) is 169 cm³/mol. The molecule has 212 valence electrons. The van der Waals surface area contributed by atoms with Crippen LogP contribution in [-0.2, 0) is 5.41 Å². The minimum absolute atomic E-state index is 0.0413. The maximum absolute atomic E-state index is 10.9. The number of rotatable bonds is 5. The van der Waals surface area contributed by atoms with Crippen molar-refractivity contribution in [3.8, 4) is 45.5 Å². The lowest BCUT2D eigenvalue weighted by molar-refractivity contribution is 0.450. The van der Waals surface area contributed by atoms with Crippen molar-refractivity contribution in [1.29, 1.82) is 0 Å². The summed E-state index contributed by atoms with van der Waals surface area (Å²) < 4.78 is 16.6. The fourth-order valence-corrected chi connectivity index (χ4v) is 5.63. The molecular weight excluding hydrogens is 536 g/mol. The number of phenols is 1. The van der Waals surface area contributed by atoms with Crippen LogP contribution in [0.3, 0.4) is 0 Å². The van der Waals surface area contributed by atoms with Crippen molar-refractivity contribution in [2.75, 3.05) is 0 Å². The van der Waals surface area contributed by atoms with Gasteiger partial charge in [0.15, 0.2) is 5.58 Å². The van der Waals surface area contributed by atoms with E-state index in [0.717, 1.165) is 38.8 Å². The van der Waals surface area contributed by atoms with Crippen LogP contribution in [0.2, 0.25) is 0 Å². The van der Waals surface area contributed by atoms with E-state index >= 15 is 0 Å². The van der Waals surface area contributed by atoms with Gasteiger partial charge >= 0.3 is 0 Å². The Kier molecular flexibility index (Phi) is 5.31. The summed E-state index contributed by atoms with van der Waals surface area (Å²) in [6, 6.07) is 34.3. The van der Waals surface area contributed by atoms with Gasteiger partial charge in [-0.05, 0) is 77.1 Å². The van der Waals surface area contributed by atoms with Gasteiger partial charge in [-0.2, -0.15) is 0 Å². The van der Waals surface area contributed by atoms with E-state index in [2.05, 4.69) is 75.4 Å². The normalized spacial score (nSPS) is 12.3. The number of oxazole rings is 1. The van der Waals surface area contributed by atoms with E-state index in [-0.39, 0.29) is 11.2 Å². The molecular formula is C36H30N4O3. The second kappa shape index (κ2) is 9.03. The zero-order valence-corrected chi connectivity index (χ0v) is 24.4. The number of hydrogen-bond acceptors (Lipinski definition) is 4. The highest BCUT2D eigenvalue weighted by Gasteiger charge is 2.26. The zero-order valence-electron chi connectivity index (χ0n) is 24.4. The molecule has 0 saturated carbocycles. The standard InChI is InChI=1S/C36H30N4O3/c1-22-16-31(40-38-29-12-8-9-13-30(29)39(38)40)32(41)21-33(22)42-27-14-15-28-34(20-27)43-35(37-28)25-17-24(23-10-6-5-7-11-23)18-26(19-25)36(2,3)4/h5-21,41H,1-4H3. The number of ether oxygens (including phenoxy) is 1. The largest absolute Gasteiger partial charge is 0.505 e. The summed E-state index contributed by atoms with van der Waals surface area (Å²) >= 11 is 0. The predicted octanol–water partition coefficient (Wildman–Crippen LogP) is 9.00. The van der Waals surface area contributed by atoms with Crippen LogP contribution < -0.4 is 4.74 Å². The minimum atomic E-state index is -0.0413. The highest BCUT2D eigenvalue weighted by atomic mass is 16.5. The maximum atomic E-state index is 10.9. The van der Waals surface area contributed by atoms with Gasteiger partial charge in [0.25, 0.3) is 0 Å². The average molecular weight is 567 g/mol. The SMILES string of the molecule is Cc1cc(-n2n3c4ccccc4n23)c(O)cc1Oc1ccc2nc(-c3cc(-c4ccccc4)cc(C(C)(C)C)c3)oc2c1. The van der Waals surface area contributed by atoms with Crippen LogP contribution in [0, 0.1) is 6.92 Å². The van der Waals surface area contributed by atoms with Gasteiger partial charge in [0.1, 0.15) is 39.5 Å². The molecule has 8 rings (SSSR count). The van der Waals surface area contributed by atoms with Crippen molar-refractivity contribution in [1.82, 2.24) is 19.0 Å². The van der Waals surface area contributed by atoms with E-state index in [9.17, 15) is 5.11 Å². The van der Waals surface area contributed by atoms with Crippen LogP contribution >= 0.6 is 0 Å². The van der Waals surface area contributed by atoms with Crippen molar-refractivity contribution in [2.24, 2.45) is 0 Å². The average Bonchev–Trinajstić information content (AvgIpc) is 3.46. The first kappa shape index (κ1) is 25.3. The van der Waals surface area contributed by atoms with Gasteiger partial charge in [-0.1, -0.05) is 69.3 Å². The molecule has 5 aromatic carbocycles. The minimum Gasteiger partial charge on any atom is -0.505 e. The first-order valence-electron chi connectivity index (χ1n) is 14.4. The number of phenolic OH excluding ortho intramolecular Hbond substituents is 1. The smallest absolute Gasteiger partial charge is 0.227 e. The van der Waals surface area contributed by atoms with E-state index < -0.39 is 0 Å². The molecule has 8 aromatic rings. The number of aryl methyl sites for hydroxylation is 1. The van der Waals surface area contributed by atoms with Crippen molar-refractivity contribution in [3.63, 3.8) is 0 Å². The molecule has 0 unspecified atom stereocenters. The molecule has 0 fully saturated rings. The number of aromatic hydroxyl groups is 1. The lowest BCUT2D eigenvalue weighted by Gasteiger charge is -2.21. The Morgan fingerprint density at radius 3 is 2.16 bits per heavy atom. The molecule has 0 atom stereocenters. The topological polar surface area (TPSA) is 69.2 Å². The van der Waals surface area contributed by atoms with Gasteiger partial charge in [0.05, 0.1) is 0 Å². The quantitative estimate of drug-likeness (QED) is 0.226. The fourth-order valence-electron chi connectivity index (χ4n) is 5.63. The molecule has 0 spiro atoms. The monoisotopic (exact) mass is 566 g/mol. The molecule has 0 saturated heterocycles. The highest BCUT2D eigenvalue weighted by molar-refractivity contribution is 5.81. The first-order chi connectivity index (χ1) is 20.7. The van der Waals surface area contributed by atoms with E-state index in [1.807, 2.05) is 63.4 Å². The summed E-state index contributed by atoms with van der Waals surface area (Å²) in [6.45, 7) is 8.61. The fraction of sp³-hybridized carbons (Fsp3) is 0.139. The second-order valence-corrected chi connectivity index (χ2v) is 12.1. The van der Waals surface area contributed by atoms with Gasteiger partial charge in [-0.25, -0.2) is 4.98 Å². The lowest BCUT2D eigenvalue weighted by atomic mass is 9.84. The van der Waals surface area contributed by atoms with E-state index in [0.29, 0.717) is 28.7 Å². The summed E-state index contributed by atoms with van der Waals surface area (Å²) in [5.74, 6) is 1.87. The summed E-state index contributed by atoms with van der Waals surface area (Å²) in [5, 5.41) is 10.9. The van der Waals surface area contributed by atoms with Crippen molar-refractivity contribution >= 4 is 22.1 Å². The third-order valence-corrected chi connectivity index (χ3v) is 8.05. The van der Waals surface area contributed by atoms with E-state index in [4.69, 9.17) is 14.1 Å². The molecule has 0 bridgehead atoms. The molecule has 0 aliphatic carbocycles. The zero-order chi connectivity index (χ0) is 29.5. The summed E-state index contributed by atoms with van der Waals surface area (Å²) in [7, 11) is 0. The highest BCUT2D eigenvalue weighted by Crippen LogP contribution is 2.38. The summed E-state index contributed by atoms with van der Waals surface area (Å²) in [5.41, 5.74) is 9.58. The Morgan fingerprint density at radius 1 is 0.744 bits per heavy atom. The van der Waals surface area contributed by atoms with Gasteiger partial charge in [-0.15, -0.1) is 14.1 Å². The van der Waals surface area contributed by atoms with Gasteiger partial charge < -0.3 is 14.3 Å². The van der Waals surface area contributed by atoms with E-state index in [1.165, 1.54) is 5.56 Å². The molecule has 3 aromatic heterocycles. The van der Waals surface area contributed by atoms with Gasteiger partial charge in [-0.3, -0.25) is 0 Å². The third kappa shape index (κ3) is 4.15. The Bertz CT molecular complexity index is 2230. The Labute approximate surface area is 248 Å². The number of hydrogen-bond donors (Lipinski definition) is 1. The second-order valence-electron chi connectivity index (χ2n) is 12.1. The van der Waals surface area contributed by atoms with Crippen molar-refractivity contribution in [3.05, 3.63) is 114 Å². The number of nitrogens with zero attached hydrogens (tertiary/aromatic N) is 4. The Morgan fingerprint density at radius 2 is 1.44 bits per heavy atom. The number of benzene rings is 5. The van der Waals surface area contributed by atoms with Crippen LogP contribution in [0.4, 0.5) is 0 Å². The van der Waals surface area contributed by atoms with Crippen LogP contribution in [0.25, 0.3) is 50.4 Å². The Balaban J connectivity index is 1.11. The van der Waals surface area contributed by atoms with Gasteiger partial charge in [0, 0.05) is 17.7 Å². The Hall–Kier alpha value is -5.43. The van der Waals surface area contributed by atoms with Crippen LogP contribution in [0.5, 0.6) is 17.2 Å². The number of aromatic nitrogens is 4. The lowest BCUT2D eigenvalue weighted by Crippen LogP contribution is -2.11. The van der Waals surface area contributed by atoms with Crippen molar-refractivity contribution < 1.29 is 14.3 Å². The van der Waals surface area contributed by atoms with Crippen LogP contribution in [0.15, 0.2) is 108 Å². The number of para-hydroxylation sites is 2. The molecule has 0 radical (unpaired) electrons. The van der Waals surface area contributed by atoms with Crippen LogP contribution in [0.1, 0.15) is 31.9 Å². The molecule has 0 aliphatic heterocycles. The molecule has 1 N–H and O–H groups in total. The first-order valence-corrected chi connectivity index (χ1v) is 14.4. The maximum Gasteiger partial charge on any atom is 0.227 e. The van der Waals surface area contributed by atoms with Crippen molar-refractivity contribution in [2.45, 2.75) is 33.1 Å². The molecule has 3 heterocycles. The van der Waals surface area contributed by atoms with Gasteiger partial charge in [0.2, 0.25) is 5.89 Å². The molecule has 0 aliphatic rings. The molecule has 7 heteroatoms. The summed E-state index contributed by atoms with van der Waals surface area (Å²) in [4.78, 5) is 6.76. The molecule has 43 heavy (non-hydrogen) atoms. The molecule has 0 amide bonds. The van der Waals surface area contributed by atoms with Crippen LogP contribution in [-0.4, -0.2) is 24.1 Å².